The van der Waals surface area contributed by atoms with E-state index in [2.05, 4.69) is 4.74 Å². The van der Waals surface area contributed by atoms with Crippen LogP contribution in [0.3, 0.4) is 0 Å². The van der Waals surface area contributed by atoms with E-state index in [1.54, 1.807) is 0 Å². The number of rotatable bonds is 1. The second-order valence-electron chi connectivity index (χ2n) is 0.807. The number of carbonyl (C=O) groups is 3. The summed E-state index contributed by atoms with van der Waals surface area (Å²) in [4.78, 5) is 28.4. The van der Waals surface area contributed by atoms with Crippen LogP contribution in [0.25, 0.3) is 0 Å². The molecule has 0 heterocycles. The minimum absolute atomic E-state index is 0. The van der Waals surface area contributed by atoms with Gasteiger partial charge in [-0.15, -0.1) is 0 Å². The van der Waals surface area contributed by atoms with E-state index >= 15 is 0 Å². The Labute approximate surface area is 104 Å². The second kappa shape index (κ2) is 9.61. The minimum atomic E-state index is -1.78. The molecular weight excluding hydrogens is 162 g/mol. The first-order valence-corrected chi connectivity index (χ1v) is 1.56. The number of esters is 1. The second-order valence-corrected chi connectivity index (χ2v) is 0.807. The van der Waals surface area contributed by atoms with Gasteiger partial charge in [0.2, 0.25) is 0 Å². The Balaban J connectivity index is -0.0000000408. The molecule has 0 saturated heterocycles. The Morgan fingerprint density at radius 1 is 1.40 bits per heavy atom. The van der Waals surface area contributed by atoms with Crippen LogP contribution in [0.2, 0.25) is 0 Å². The number of hydrogen-bond donors (Lipinski definition) is 1. The maximum absolute atomic E-state index is 9.69. The molecule has 1 N–H and O–H groups in total. The normalized spacial score (nSPS) is 6.00. The largest absolute Gasteiger partial charge is 1.00 e. The van der Waals surface area contributed by atoms with Crippen molar-refractivity contribution in [3.8, 4) is 0 Å². The first-order chi connectivity index (χ1) is 3.68. The van der Waals surface area contributed by atoms with E-state index in [1.807, 2.05) is 0 Å². The van der Waals surface area contributed by atoms with Gasteiger partial charge in [-0.25, -0.2) is 9.59 Å². The summed E-state index contributed by atoms with van der Waals surface area (Å²) in [5.41, 5.74) is 0. The van der Waals surface area contributed by atoms with Gasteiger partial charge >= 0.3 is 77.5 Å². The Kier molecular flexibility index (Phi) is 16.3. The molecule has 7 heteroatoms. The molecule has 0 bridgehead atoms. The summed E-state index contributed by atoms with van der Waals surface area (Å²) >= 11 is 0. The van der Waals surface area contributed by atoms with Crippen LogP contribution in [0.15, 0.2) is 0 Å². The van der Waals surface area contributed by atoms with Crippen molar-refractivity contribution >= 4 is 18.4 Å². The Morgan fingerprint density at radius 3 is 1.90 bits per heavy atom. The average molecular weight is 166 g/mol. The summed E-state index contributed by atoms with van der Waals surface area (Å²) in [6.07, 6.45) is 0. The number of aliphatic carboxylic acids is 1. The third kappa shape index (κ3) is 8.61. The van der Waals surface area contributed by atoms with Crippen LogP contribution < -0.4 is 59.1 Å². The van der Waals surface area contributed by atoms with E-state index in [4.69, 9.17) is 5.11 Å². The van der Waals surface area contributed by atoms with Gasteiger partial charge in [0.25, 0.3) is 0 Å². The molecule has 0 aliphatic rings. The standard InChI is InChI=1S/C3H2O5.2Na.2H/c4-1-8-3(7)2(5)6;;;;/h1H,(H,5,6);;;;/q;2*+1;2*-1. The zero-order valence-corrected chi connectivity index (χ0v) is 9.66. The van der Waals surface area contributed by atoms with Crippen LogP contribution >= 0.6 is 0 Å². The first kappa shape index (κ1) is 16.9. The SMILES string of the molecule is O=COC(=O)C(=O)O.[H-].[H-].[Na+].[Na+]. The summed E-state index contributed by atoms with van der Waals surface area (Å²) in [7, 11) is 0. The van der Waals surface area contributed by atoms with Crippen LogP contribution in [0.5, 0.6) is 0 Å². The van der Waals surface area contributed by atoms with E-state index in [0.29, 0.717) is 0 Å². The molecule has 0 fully saturated rings. The predicted molar refractivity (Wildman–Crippen MR) is 22.0 cm³/mol. The molecule has 5 nitrogen and oxygen atoms in total. The molecule has 0 aliphatic heterocycles. The summed E-state index contributed by atoms with van der Waals surface area (Å²) < 4.78 is 3.38. The molecule has 10 heavy (non-hydrogen) atoms. The summed E-state index contributed by atoms with van der Waals surface area (Å²) in [5.74, 6) is -3.35. The van der Waals surface area contributed by atoms with Crippen LogP contribution in [-0.2, 0) is 19.1 Å². The molecule has 0 aromatic rings. The van der Waals surface area contributed by atoms with Gasteiger partial charge in [-0.1, -0.05) is 0 Å². The molecule has 0 spiro atoms. The topological polar surface area (TPSA) is 80.7 Å². The third-order valence-corrected chi connectivity index (χ3v) is 0.330. The molecule has 0 radical (unpaired) electrons. The first-order valence-electron chi connectivity index (χ1n) is 1.56. The summed E-state index contributed by atoms with van der Waals surface area (Å²) in [6.45, 7) is -0.240. The summed E-state index contributed by atoms with van der Waals surface area (Å²) in [6, 6.07) is 0. The van der Waals surface area contributed by atoms with Crippen molar-refractivity contribution < 1.29 is 86.2 Å². The number of ether oxygens (including phenoxy) is 1. The van der Waals surface area contributed by atoms with E-state index in [9.17, 15) is 14.4 Å². The minimum Gasteiger partial charge on any atom is -1.00 e. The molecule has 48 valence electrons. The van der Waals surface area contributed by atoms with Crippen LogP contribution in [0.4, 0.5) is 0 Å². The van der Waals surface area contributed by atoms with E-state index in [-0.39, 0.29) is 68.4 Å². The average Bonchev–Trinajstić information content (AvgIpc) is 1.67. The number of carbonyl (C=O) groups excluding carboxylic acids is 2. The van der Waals surface area contributed by atoms with Gasteiger partial charge < -0.3 is 12.7 Å². The Hall–Kier alpha value is 0.610. The maximum atomic E-state index is 9.69. The molecule has 0 atom stereocenters. The monoisotopic (exact) mass is 166 g/mol. The zero-order valence-electron chi connectivity index (χ0n) is 7.66. The molecule has 0 saturated carbocycles. The molecule has 0 aromatic carbocycles. The van der Waals surface area contributed by atoms with Crippen molar-refractivity contribution in [3.05, 3.63) is 0 Å². The smallest absolute Gasteiger partial charge is 1.00 e. The molecule has 0 aliphatic carbocycles. The molecule has 0 rings (SSSR count). The fraction of sp³-hybridized carbons (Fsp3) is 0. The van der Waals surface area contributed by atoms with Gasteiger partial charge in [0.1, 0.15) is 0 Å². The van der Waals surface area contributed by atoms with Gasteiger partial charge in [0.05, 0.1) is 0 Å². The number of carboxylic acids is 1. The molecular formula is C3H4Na2O5. The molecule has 0 amide bonds. The van der Waals surface area contributed by atoms with Gasteiger partial charge in [-0.2, -0.15) is 0 Å². The van der Waals surface area contributed by atoms with Crippen LogP contribution in [0.1, 0.15) is 2.85 Å². The van der Waals surface area contributed by atoms with E-state index in [1.165, 1.54) is 0 Å². The Morgan fingerprint density at radius 2 is 1.80 bits per heavy atom. The van der Waals surface area contributed by atoms with Crippen molar-refractivity contribution in [1.29, 1.82) is 0 Å². The van der Waals surface area contributed by atoms with Crippen molar-refractivity contribution in [2.45, 2.75) is 0 Å². The predicted octanol–water partition coefficient (Wildman–Crippen LogP) is -7.00. The van der Waals surface area contributed by atoms with Gasteiger partial charge in [-0.3, -0.25) is 4.79 Å². The number of carboxylic acid groups (broad SMARTS) is 1. The van der Waals surface area contributed by atoms with Gasteiger partial charge in [0.15, 0.2) is 0 Å². The Bertz CT molecular complexity index is 141. The quantitative estimate of drug-likeness (QED) is 0.138. The maximum Gasteiger partial charge on any atom is 1.00 e. The van der Waals surface area contributed by atoms with Crippen molar-refractivity contribution in [1.82, 2.24) is 0 Å². The summed E-state index contributed by atoms with van der Waals surface area (Å²) in [5, 5.41) is 7.68. The van der Waals surface area contributed by atoms with Crippen LogP contribution in [-0.4, -0.2) is 23.5 Å². The molecule has 0 unspecified atom stereocenters. The fourth-order valence-corrected chi connectivity index (χ4v) is 0.0941. The van der Waals surface area contributed by atoms with Gasteiger partial charge in [-0.05, 0) is 0 Å². The third-order valence-electron chi connectivity index (χ3n) is 0.330. The van der Waals surface area contributed by atoms with E-state index in [0.717, 1.165) is 0 Å². The fourth-order valence-electron chi connectivity index (χ4n) is 0.0941. The van der Waals surface area contributed by atoms with Gasteiger partial charge in [0, 0.05) is 0 Å². The van der Waals surface area contributed by atoms with Crippen LogP contribution in [0, 0.1) is 0 Å². The zero-order chi connectivity index (χ0) is 6.57. The van der Waals surface area contributed by atoms with Crippen molar-refractivity contribution in [3.63, 3.8) is 0 Å². The van der Waals surface area contributed by atoms with Crippen molar-refractivity contribution in [2.75, 3.05) is 0 Å². The van der Waals surface area contributed by atoms with E-state index < -0.39 is 11.9 Å². The number of hydrogen-bond acceptors (Lipinski definition) is 4. The molecule has 0 aromatic heterocycles. The van der Waals surface area contributed by atoms with Crippen molar-refractivity contribution in [2.24, 2.45) is 0 Å².